The second-order valence-electron chi connectivity index (χ2n) is 6.37. The number of benzene rings is 2. The van der Waals surface area contributed by atoms with Crippen molar-refractivity contribution in [3.8, 4) is 5.75 Å². The number of hydrogen-bond acceptors (Lipinski definition) is 5. The van der Waals surface area contributed by atoms with E-state index in [1.807, 2.05) is 12.1 Å². The molecule has 0 radical (unpaired) electrons. The number of anilines is 2. The summed E-state index contributed by atoms with van der Waals surface area (Å²) < 4.78 is 51.6. The molecule has 1 saturated heterocycles. The van der Waals surface area contributed by atoms with E-state index in [0.29, 0.717) is 11.8 Å². The lowest BCUT2D eigenvalue weighted by atomic mass is 10.1. The van der Waals surface area contributed by atoms with Gasteiger partial charge >= 0.3 is 0 Å². The molecule has 0 bridgehead atoms. The smallest absolute Gasteiger partial charge is 0.265 e. The molecule has 6 nitrogen and oxygen atoms in total. The van der Waals surface area contributed by atoms with Crippen molar-refractivity contribution in [3.05, 3.63) is 48.3 Å². The largest absolute Gasteiger partial charge is 0.495 e. The highest BCUT2D eigenvalue weighted by Crippen LogP contribution is 2.28. The number of sulfonamides is 1. The van der Waals surface area contributed by atoms with Gasteiger partial charge in [-0.25, -0.2) is 12.8 Å². The summed E-state index contributed by atoms with van der Waals surface area (Å²) in [5, 5.41) is 0. The summed E-state index contributed by atoms with van der Waals surface area (Å²) in [5.74, 6) is -0.562. The van der Waals surface area contributed by atoms with E-state index in [1.54, 1.807) is 19.2 Å². The third-order valence-electron chi connectivity index (χ3n) is 4.68. The number of piperidine rings is 1. The molecule has 3 rings (SSSR count). The molecule has 1 fully saturated rings. The van der Waals surface area contributed by atoms with Gasteiger partial charge in [0.15, 0.2) is 0 Å². The van der Waals surface area contributed by atoms with Crippen LogP contribution in [-0.2, 0) is 14.8 Å². The third-order valence-corrected chi connectivity index (χ3v) is 6.08. The third kappa shape index (κ3) is 4.51. The van der Waals surface area contributed by atoms with Crippen LogP contribution in [0.2, 0.25) is 0 Å². The molecule has 0 aromatic heterocycles. The van der Waals surface area contributed by atoms with Gasteiger partial charge in [0.25, 0.3) is 10.0 Å². The fraction of sp³-hybridized carbons (Fsp3) is 0.368. The summed E-state index contributed by atoms with van der Waals surface area (Å²) in [6.45, 7) is 1.79. The van der Waals surface area contributed by atoms with Crippen molar-refractivity contribution < 1.29 is 22.3 Å². The molecular formula is C19H23FN2O4S. The number of rotatable bonds is 6. The Hall–Kier alpha value is -2.32. The van der Waals surface area contributed by atoms with Gasteiger partial charge in [-0.05, 0) is 55.3 Å². The molecule has 0 spiro atoms. The first-order valence-corrected chi connectivity index (χ1v) is 10.2. The van der Waals surface area contributed by atoms with Crippen LogP contribution < -0.4 is 14.4 Å². The molecule has 0 aliphatic carbocycles. The Morgan fingerprint density at radius 2 is 1.74 bits per heavy atom. The highest BCUT2D eigenvalue weighted by atomic mass is 32.2. The molecule has 27 heavy (non-hydrogen) atoms. The van der Waals surface area contributed by atoms with E-state index in [0.717, 1.165) is 43.8 Å². The molecular weight excluding hydrogens is 371 g/mol. The molecule has 146 valence electrons. The predicted octanol–water partition coefficient (Wildman–Crippen LogP) is 3.25. The normalized spacial score (nSPS) is 15.6. The van der Waals surface area contributed by atoms with Gasteiger partial charge < -0.3 is 14.4 Å². The summed E-state index contributed by atoms with van der Waals surface area (Å²) in [5.41, 5.74) is 1.42. The SMILES string of the molecule is COc1ccc(F)cc1S(=O)(=O)Nc1ccc(N2CCC(OC)CC2)cc1. The van der Waals surface area contributed by atoms with Crippen LogP contribution in [0.25, 0.3) is 0 Å². The molecule has 1 N–H and O–H groups in total. The quantitative estimate of drug-likeness (QED) is 0.815. The molecule has 8 heteroatoms. The van der Waals surface area contributed by atoms with Crippen LogP contribution in [0.4, 0.5) is 15.8 Å². The highest BCUT2D eigenvalue weighted by molar-refractivity contribution is 7.92. The van der Waals surface area contributed by atoms with Crippen LogP contribution in [-0.4, -0.2) is 41.8 Å². The monoisotopic (exact) mass is 394 g/mol. The Balaban J connectivity index is 1.74. The number of ether oxygens (including phenoxy) is 2. The summed E-state index contributed by atoms with van der Waals surface area (Å²) in [7, 11) is -0.900. The van der Waals surface area contributed by atoms with Gasteiger partial charge in [-0.2, -0.15) is 0 Å². The standard InChI is InChI=1S/C19H23FN2O4S/c1-25-17-9-11-22(12-10-17)16-6-4-15(5-7-16)21-27(23,24)19-13-14(20)3-8-18(19)26-2/h3-8,13,17,21H,9-12H2,1-2H3. The highest BCUT2D eigenvalue weighted by Gasteiger charge is 2.22. The van der Waals surface area contributed by atoms with Crippen molar-refractivity contribution in [3.63, 3.8) is 0 Å². The maximum Gasteiger partial charge on any atom is 0.265 e. The lowest BCUT2D eigenvalue weighted by Crippen LogP contribution is -2.36. The number of halogens is 1. The van der Waals surface area contributed by atoms with Crippen LogP contribution in [0.1, 0.15) is 12.8 Å². The fourth-order valence-corrected chi connectivity index (χ4v) is 4.40. The maximum atomic E-state index is 13.5. The Morgan fingerprint density at radius 1 is 1.07 bits per heavy atom. The van der Waals surface area contributed by atoms with E-state index < -0.39 is 15.8 Å². The summed E-state index contributed by atoms with van der Waals surface area (Å²) in [6, 6.07) is 10.5. The zero-order valence-corrected chi connectivity index (χ0v) is 16.1. The number of nitrogens with one attached hydrogen (secondary N) is 1. The van der Waals surface area contributed by atoms with Crippen LogP contribution >= 0.6 is 0 Å². The zero-order chi connectivity index (χ0) is 19.4. The first kappa shape index (κ1) is 19.4. The van der Waals surface area contributed by atoms with Gasteiger partial charge in [-0.15, -0.1) is 0 Å². The Bertz CT molecular complexity index is 879. The van der Waals surface area contributed by atoms with Crippen molar-refractivity contribution in [1.29, 1.82) is 0 Å². The Labute approximate surface area is 159 Å². The predicted molar refractivity (Wildman–Crippen MR) is 102 cm³/mol. The van der Waals surface area contributed by atoms with Crippen molar-refractivity contribution in [2.24, 2.45) is 0 Å². The lowest BCUT2D eigenvalue weighted by molar-refractivity contribution is 0.0819. The molecule has 1 heterocycles. The molecule has 0 amide bonds. The molecule has 0 saturated carbocycles. The number of hydrogen-bond donors (Lipinski definition) is 1. The maximum absolute atomic E-state index is 13.5. The van der Waals surface area contributed by atoms with Gasteiger partial charge in [0.2, 0.25) is 0 Å². The van der Waals surface area contributed by atoms with E-state index in [4.69, 9.17) is 9.47 Å². The minimum absolute atomic E-state index is 0.0848. The zero-order valence-electron chi connectivity index (χ0n) is 15.3. The van der Waals surface area contributed by atoms with E-state index in [2.05, 4.69) is 9.62 Å². The fourth-order valence-electron chi connectivity index (χ4n) is 3.16. The van der Waals surface area contributed by atoms with Crippen molar-refractivity contribution in [2.75, 3.05) is 36.9 Å². The number of nitrogens with zero attached hydrogens (tertiary/aromatic N) is 1. The van der Waals surface area contributed by atoms with E-state index >= 15 is 0 Å². The second-order valence-corrected chi connectivity index (χ2v) is 8.02. The summed E-state index contributed by atoms with van der Waals surface area (Å²) >= 11 is 0. The summed E-state index contributed by atoms with van der Waals surface area (Å²) in [4.78, 5) is 2.00. The Kier molecular flexibility index (Phi) is 5.86. The van der Waals surface area contributed by atoms with E-state index in [9.17, 15) is 12.8 Å². The Morgan fingerprint density at radius 3 is 2.33 bits per heavy atom. The van der Waals surface area contributed by atoms with Crippen LogP contribution in [0.5, 0.6) is 5.75 Å². The van der Waals surface area contributed by atoms with Crippen molar-refractivity contribution in [1.82, 2.24) is 0 Å². The van der Waals surface area contributed by atoms with Crippen LogP contribution in [0.15, 0.2) is 47.4 Å². The minimum atomic E-state index is -3.97. The molecule has 0 atom stereocenters. The van der Waals surface area contributed by atoms with Gasteiger partial charge in [-0.1, -0.05) is 0 Å². The molecule has 2 aromatic rings. The first-order chi connectivity index (χ1) is 12.9. The summed E-state index contributed by atoms with van der Waals surface area (Å²) in [6.07, 6.45) is 2.22. The lowest BCUT2D eigenvalue weighted by Gasteiger charge is -2.33. The molecule has 1 aliphatic rings. The average Bonchev–Trinajstić information content (AvgIpc) is 2.68. The second kappa shape index (κ2) is 8.14. The molecule has 1 aliphatic heterocycles. The number of methoxy groups -OCH3 is 2. The van der Waals surface area contributed by atoms with Gasteiger partial charge in [0, 0.05) is 31.6 Å². The van der Waals surface area contributed by atoms with Gasteiger partial charge in [-0.3, -0.25) is 4.72 Å². The van der Waals surface area contributed by atoms with Crippen LogP contribution in [0.3, 0.4) is 0 Å². The first-order valence-electron chi connectivity index (χ1n) is 8.67. The van der Waals surface area contributed by atoms with Gasteiger partial charge in [0.05, 0.1) is 13.2 Å². The van der Waals surface area contributed by atoms with Gasteiger partial charge in [0.1, 0.15) is 16.5 Å². The van der Waals surface area contributed by atoms with E-state index in [-0.39, 0.29) is 10.6 Å². The molecule has 2 aromatic carbocycles. The van der Waals surface area contributed by atoms with E-state index in [1.165, 1.54) is 13.2 Å². The topological polar surface area (TPSA) is 67.9 Å². The molecule has 0 unspecified atom stereocenters. The minimum Gasteiger partial charge on any atom is -0.495 e. The van der Waals surface area contributed by atoms with Crippen LogP contribution in [0, 0.1) is 5.82 Å². The van der Waals surface area contributed by atoms with Crippen molar-refractivity contribution >= 4 is 21.4 Å². The van der Waals surface area contributed by atoms with Crippen molar-refractivity contribution in [2.45, 2.75) is 23.8 Å². The average molecular weight is 394 g/mol.